The highest BCUT2D eigenvalue weighted by Crippen LogP contribution is 2.22. The second-order valence-corrected chi connectivity index (χ2v) is 20.0. The molecular formula is C48H85N5O9. The highest BCUT2D eigenvalue weighted by molar-refractivity contribution is 5.97. The van der Waals surface area contributed by atoms with Gasteiger partial charge in [-0.25, -0.2) is 4.79 Å². The van der Waals surface area contributed by atoms with Crippen LogP contribution in [0, 0.1) is 53.3 Å². The lowest BCUT2D eigenvalue weighted by Gasteiger charge is -2.25. The van der Waals surface area contributed by atoms with E-state index in [1.807, 2.05) is 41.5 Å². The molecule has 0 aromatic rings. The van der Waals surface area contributed by atoms with Crippen molar-refractivity contribution in [3.8, 4) is 0 Å². The Morgan fingerprint density at radius 2 is 0.742 bits per heavy atom. The molecule has 5 amide bonds. The summed E-state index contributed by atoms with van der Waals surface area (Å²) in [5.41, 5.74) is 0. The number of rotatable bonds is 32. The zero-order chi connectivity index (χ0) is 48.0. The van der Waals surface area contributed by atoms with Gasteiger partial charge in [0.25, 0.3) is 0 Å². The van der Waals surface area contributed by atoms with E-state index in [1.165, 1.54) is 13.8 Å². The SMILES string of the molecule is CC(=O)[C@H](C)NC(=O)[C@@H](CC(=O)[C@H](C)NC(=O)[C@@H](CC(=O)[C@H](C)NC(=O)[C@@H](CC(=O)[C@H](C)NC(=O)NC[C@@H](CC(=O)CCC(C)C)CC(C)C)CC(C)C)CC(C)C)CC(C)C. The summed E-state index contributed by atoms with van der Waals surface area (Å²) < 4.78 is 0. The summed E-state index contributed by atoms with van der Waals surface area (Å²) >= 11 is 0. The zero-order valence-corrected chi connectivity index (χ0v) is 41.0. The number of hydrogen-bond acceptors (Lipinski definition) is 9. The molecule has 5 N–H and O–H groups in total. The van der Waals surface area contributed by atoms with Gasteiger partial charge in [-0.05, 0) is 102 Å². The summed E-state index contributed by atoms with van der Waals surface area (Å²) in [6, 6.07) is -4.03. The molecule has 0 saturated heterocycles. The number of amides is 5. The molecule has 0 unspecified atom stereocenters. The summed E-state index contributed by atoms with van der Waals surface area (Å²) in [6.45, 7) is 27.7. The molecule has 0 heterocycles. The summed E-state index contributed by atoms with van der Waals surface area (Å²) in [7, 11) is 0. The van der Waals surface area contributed by atoms with Crippen LogP contribution in [0.5, 0.6) is 0 Å². The van der Waals surface area contributed by atoms with Crippen LogP contribution in [0.4, 0.5) is 4.79 Å². The van der Waals surface area contributed by atoms with Crippen LogP contribution in [0.15, 0.2) is 0 Å². The highest BCUT2D eigenvalue weighted by atomic mass is 16.2. The van der Waals surface area contributed by atoms with Gasteiger partial charge in [0.1, 0.15) is 5.78 Å². The second kappa shape index (κ2) is 29.4. The molecule has 0 spiro atoms. The quantitative estimate of drug-likeness (QED) is 0.0486. The van der Waals surface area contributed by atoms with Crippen LogP contribution in [0.3, 0.4) is 0 Å². The maximum atomic E-state index is 13.6. The van der Waals surface area contributed by atoms with Crippen LogP contribution in [-0.2, 0) is 38.4 Å². The van der Waals surface area contributed by atoms with Crippen LogP contribution in [0.2, 0.25) is 0 Å². The molecule has 14 heteroatoms. The minimum absolute atomic E-state index is 0.0266. The van der Waals surface area contributed by atoms with Gasteiger partial charge in [0.15, 0.2) is 23.1 Å². The van der Waals surface area contributed by atoms with Crippen LogP contribution >= 0.6 is 0 Å². The first-order valence-electron chi connectivity index (χ1n) is 23.2. The fraction of sp³-hybridized carbons (Fsp3) is 0.812. The highest BCUT2D eigenvalue weighted by Gasteiger charge is 2.33. The second-order valence-electron chi connectivity index (χ2n) is 20.0. The lowest BCUT2D eigenvalue weighted by Crippen LogP contribution is -2.48. The average Bonchev–Trinajstić information content (AvgIpc) is 3.14. The topological polar surface area (TPSA) is 214 Å². The molecule has 0 radical (unpaired) electrons. The lowest BCUT2D eigenvalue weighted by atomic mass is 9.88. The van der Waals surface area contributed by atoms with Gasteiger partial charge in [0.05, 0.1) is 24.2 Å². The van der Waals surface area contributed by atoms with Crippen LogP contribution in [0.25, 0.3) is 0 Å². The molecule has 0 aliphatic heterocycles. The average molecular weight is 876 g/mol. The first-order valence-corrected chi connectivity index (χ1v) is 23.2. The molecule has 62 heavy (non-hydrogen) atoms. The third kappa shape index (κ3) is 25.2. The van der Waals surface area contributed by atoms with E-state index in [1.54, 1.807) is 20.8 Å². The standard InChI is InChI=1S/C48H85N5O9/c1-27(2)16-17-41(55)22-37(18-28(3)4)26-49-48(62)53-35(14)44(58)25-40(21-31(9)10)47(61)52-34(13)43(57)24-39(20-30(7)8)46(60)51-33(12)42(56)23-38(19-29(5)6)45(59)50-32(11)36(15)54/h27-35,37-40H,16-26H2,1-15H3,(H,50,59)(H,51,60)(H,52,61)(H2,49,53,62)/t32-,33-,34-,35-,37+,38+,39+,40+/m0/s1. The molecule has 0 aliphatic carbocycles. The molecule has 0 aromatic carbocycles. The van der Waals surface area contributed by atoms with Gasteiger partial charge in [-0.2, -0.15) is 0 Å². The molecule has 0 aromatic heterocycles. The van der Waals surface area contributed by atoms with Gasteiger partial charge in [-0.1, -0.05) is 69.2 Å². The van der Waals surface area contributed by atoms with E-state index in [0.717, 1.165) is 12.8 Å². The minimum Gasteiger partial charge on any atom is -0.346 e. The van der Waals surface area contributed by atoms with E-state index in [-0.39, 0.29) is 71.9 Å². The molecule has 356 valence electrons. The van der Waals surface area contributed by atoms with E-state index in [4.69, 9.17) is 0 Å². The minimum atomic E-state index is -0.973. The van der Waals surface area contributed by atoms with Crippen molar-refractivity contribution in [3.05, 3.63) is 0 Å². The maximum Gasteiger partial charge on any atom is 0.315 e. The van der Waals surface area contributed by atoms with Gasteiger partial charge >= 0.3 is 6.03 Å². The third-order valence-corrected chi connectivity index (χ3v) is 11.1. The Hall–Kier alpha value is -3.97. The Morgan fingerprint density at radius 3 is 1.06 bits per heavy atom. The zero-order valence-electron chi connectivity index (χ0n) is 41.0. The molecule has 0 fully saturated rings. The van der Waals surface area contributed by atoms with Gasteiger partial charge in [0.2, 0.25) is 17.7 Å². The molecule has 0 bridgehead atoms. The Morgan fingerprint density at radius 1 is 0.403 bits per heavy atom. The van der Waals surface area contributed by atoms with Crippen molar-refractivity contribution in [1.29, 1.82) is 0 Å². The monoisotopic (exact) mass is 876 g/mol. The number of hydrogen-bond donors (Lipinski definition) is 5. The fourth-order valence-electron chi connectivity index (χ4n) is 7.42. The molecule has 0 aliphatic rings. The Balaban J connectivity index is 5.60. The first-order chi connectivity index (χ1) is 28.6. The number of ketones is 5. The number of carbonyl (C=O) groups is 9. The van der Waals surface area contributed by atoms with Gasteiger partial charge in [0, 0.05) is 56.4 Å². The molecular weight excluding hydrogens is 791 g/mol. The number of Topliss-reactive ketones (excluding diaryl/α,β-unsaturated/α-hetero) is 5. The van der Waals surface area contributed by atoms with Crippen molar-refractivity contribution < 1.29 is 43.2 Å². The number of nitrogens with one attached hydrogen (secondary N) is 5. The largest absolute Gasteiger partial charge is 0.346 e. The van der Waals surface area contributed by atoms with E-state index >= 15 is 0 Å². The molecule has 0 rings (SSSR count). The van der Waals surface area contributed by atoms with Crippen LogP contribution in [0.1, 0.15) is 168 Å². The fourth-order valence-corrected chi connectivity index (χ4v) is 7.42. The summed E-state index contributed by atoms with van der Waals surface area (Å²) in [5, 5.41) is 13.7. The Labute approximate surface area is 373 Å². The first kappa shape index (κ1) is 58.0. The van der Waals surface area contributed by atoms with Crippen LogP contribution < -0.4 is 26.6 Å². The van der Waals surface area contributed by atoms with Crippen LogP contribution in [-0.4, -0.2) is 83.4 Å². The normalized spacial score (nSPS) is 15.5. The molecule has 14 nitrogen and oxygen atoms in total. The molecule has 8 atom stereocenters. The smallest absolute Gasteiger partial charge is 0.315 e. The van der Waals surface area contributed by atoms with Gasteiger partial charge < -0.3 is 26.6 Å². The summed E-state index contributed by atoms with van der Waals surface area (Å²) in [5.74, 6) is -3.81. The van der Waals surface area contributed by atoms with Crippen molar-refractivity contribution in [1.82, 2.24) is 26.6 Å². The van der Waals surface area contributed by atoms with Crippen molar-refractivity contribution in [3.63, 3.8) is 0 Å². The summed E-state index contributed by atoms with van der Waals surface area (Å²) in [4.78, 5) is 118. The lowest BCUT2D eigenvalue weighted by molar-refractivity contribution is -0.135. The van der Waals surface area contributed by atoms with Crippen molar-refractivity contribution in [2.24, 2.45) is 53.3 Å². The van der Waals surface area contributed by atoms with Gasteiger partial charge in [-0.15, -0.1) is 0 Å². The third-order valence-electron chi connectivity index (χ3n) is 11.1. The predicted octanol–water partition coefficient (Wildman–Crippen LogP) is 6.70. The van der Waals surface area contributed by atoms with E-state index < -0.39 is 65.7 Å². The number of urea groups is 1. The van der Waals surface area contributed by atoms with Crippen molar-refractivity contribution in [2.75, 3.05) is 6.54 Å². The number of carbonyl (C=O) groups excluding carboxylic acids is 9. The molecule has 0 saturated carbocycles. The van der Waals surface area contributed by atoms with E-state index in [2.05, 4.69) is 54.3 Å². The van der Waals surface area contributed by atoms with Gasteiger partial charge in [-0.3, -0.25) is 38.4 Å². The maximum absolute atomic E-state index is 13.6. The Bertz CT molecular complexity index is 1490. The van der Waals surface area contributed by atoms with Crippen molar-refractivity contribution >= 4 is 52.7 Å². The predicted molar refractivity (Wildman–Crippen MR) is 244 cm³/mol. The van der Waals surface area contributed by atoms with E-state index in [0.29, 0.717) is 50.5 Å². The Kier molecular flexibility index (Phi) is 27.5. The summed E-state index contributed by atoms with van der Waals surface area (Å²) in [6.07, 6.45) is 3.12. The van der Waals surface area contributed by atoms with E-state index in [9.17, 15) is 43.2 Å². The van der Waals surface area contributed by atoms with Crippen molar-refractivity contribution in [2.45, 2.75) is 192 Å².